The van der Waals surface area contributed by atoms with Gasteiger partial charge in [0, 0.05) is 29.8 Å². The minimum Gasteiger partial charge on any atom is -0.492 e. The highest BCUT2D eigenvalue weighted by atomic mass is 35.5. The molecule has 0 saturated heterocycles. The predicted octanol–water partition coefficient (Wildman–Crippen LogP) is 4.63. The number of hydrogen-bond acceptors (Lipinski definition) is 4. The van der Waals surface area contributed by atoms with Crippen LogP contribution >= 0.6 is 11.6 Å². The lowest BCUT2D eigenvalue weighted by atomic mass is 9.94. The summed E-state index contributed by atoms with van der Waals surface area (Å²) in [4.78, 5) is 12.6. The van der Waals surface area contributed by atoms with Crippen LogP contribution in [0, 0.1) is 0 Å². The van der Waals surface area contributed by atoms with Gasteiger partial charge in [-0.15, -0.1) is 5.10 Å². The molecule has 0 fully saturated rings. The van der Waals surface area contributed by atoms with Crippen molar-refractivity contribution in [1.82, 2.24) is 20.4 Å². The number of fused-ring (bicyclic) bond motifs is 1. The van der Waals surface area contributed by atoms with E-state index in [9.17, 15) is 4.79 Å². The first-order chi connectivity index (χ1) is 14.9. The summed E-state index contributed by atoms with van der Waals surface area (Å²) in [5, 5.41) is 14.2. The van der Waals surface area contributed by atoms with Crippen molar-refractivity contribution in [2.24, 2.45) is 0 Å². The predicted molar refractivity (Wildman–Crippen MR) is 122 cm³/mol. The van der Waals surface area contributed by atoms with Crippen LogP contribution in [-0.2, 0) is 5.54 Å². The molecule has 3 N–H and O–H groups in total. The highest BCUT2D eigenvalue weighted by Crippen LogP contribution is 2.37. The van der Waals surface area contributed by atoms with Crippen molar-refractivity contribution in [2.45, 2.75) is 31.8 Å². The number of halogens is 1. The molecule has 2 heterocycles. The van der Waals surface area contributed by atoms with E-state index in [-0.39, 0.29) is 17.6 Å². The molecule has 8 heteroatoms. The molecular formula is C23H26ClN5O2. The maximum absolute atomic E-state index is 12.6. The third kappa shape index (κ3) is 4.52. The highest BCUT2D eigenvalue weighted by molar-refractivity contribution is 6.32. The summed E-state index contributed by atoms with van der Waals surface area (Å²) < 4.78 is 7.40. The summed E-state index contributed by atoms with van der Waals surface area (Å²) in [5.41, 5.74) is 2.78. The maximum Gasteiger partial charge on any atom is 0.320 e. The second-order valence-electron chi connectivity index (χ2n) is 8.02. The molecule has 3 aromatic rings. The third-order valence-electron chi connectivity index (χ3n) is 5.62. The van der Waals surface area contributed by atoms with E-state index < -0.39 is 0 Å². The molecule has 162 valence electrons. The molecule has 2 aromatic carbocycles. The van der Waals surface area contributed by atoms with Gasteiger partial charge in [0.05, 0.1) is 23.4 Å². The molecule has 7 nitrogen and oxygen atoms in total. The van der Waals surface area contributed by atoms with Crippen molar-refractivity contribution in [3.8, 4) is 11.4 Å². The van der Waals surface area contributed by atoms with Gasteiger partial charge in [-0.1, -0.05) is 35.9 Å². The largest absolute Gasteiger partial charge is 0.492 e. The number of anilines is 1. The van der Waals surface area contributed by atoms with Gasteiger partial charge in [-0.25, -0.2) is 9.48 Å². The summed E-state index contributed by atoms with van der Waals surface area (Å²) in [6, 6.07) is 15.0. The Morgan fingerprint density at radius 3 is 2.84 bits per heavy atom. The van der Waals surface area contributed by atoms with E-state index >= 15 is 0 Å². The smallest absolute Gasteiger partial charge is 0.320 e. The molecule has 1 aliphatic rings. The quantitative estimate of drug-likeness (QED) is 0.541. The third-order valence-corrected chi connectivity index (χ3v) is 5.92. The van der Waals surface area contributed by atoms with E-state index in [4.69, 9.17) is 16.3 Å². The molecule has 0 unspecified atom stereocenters. The summed E-state index contributed by atoms with van der Waals surface area (Å²) >= 11 is 6.21. The SMILES string of the molecule is CNC(C)(C)c1cccc(-n2ccc(NC(=O)N[C@H]3CCOc4c(Cl)cccc43)n2)c1. The number of amides is 2. The fourth-order valence-electron chi connectivity index (χ4n) is 3.56. The van der Waals surface area contributed by atoms with Gasteiger partial charge >= 0.3 is 6.03 Å². The Labute approximate surface area is 186 Å². The molecule has 0 radical (unpaired) electrons. The van der Waals surface area contributed by atoms with Crippen LogP contribution < -0.4 is 20.7 Å². The Morgan fingerprint density at radius 1 is 1.23 bits per heavy atom. The van der Waals surface area contributed by atoms with Gasteiger partial charge in [0.15, 0.2) is 5.82 Å². The summed E-state index contributed by atoms with van der Waals surface area (Å²) in [6.45, 7) is 4.73. The van der Waals surface area contributed by atoms with Crippen molar-refractivity contribution in [3.63, 3.8) is 0 Å². The number of urea groups is 1. The van der Waals surface area contributed by atoms with Gasteiger partial charge in [0.25, 0.3) is 0 Å². The van der Waals surface area contributed by atoms with E-state index in [2.05, 4.69) is 47.0 Å². The number of para-hydroxylation sites is 1. The first kappa shape index (κ1) is 21.2. The second kappa shape index (κ2) is 8.61. The fraction of sp³-hybridized carbons (Fsp3) is 0.304. The number of ether oxygens (including phenoxy) is 1. The molecule has 0 bridgehead atoms. The zero-order valence-corrected chi connectivity index (χ0v) is 18.5. The van der Waals surface area contributed by atoms with E-state index in [1.807, 2.05) is 37.5 Å². The van der Waals surface area contributed by atoms with Crippen LogP contribution in [0.5, 0.6) is 5.75 Å². The molecule has 0 saturated carbocycles. The second-order valence-corrected chi connectivity index (χ2v) is 8.42. The Hall–Kier alpha value is -3.03. The fourth-order valence-corrected chi connectivity index (χ4v) is 3.80. The Bertz CT molecular complexity index is 1100. The number of nitrogens with zero attached hydrogens (tertiary/aromatic N) is 2. The van der Waals surface area contributed by atoms with Crippen LogP contribution in [0.4, 0.5) is 10.6 Å². The number of aromatic nitrogens is 2. The zero-order chi connectivity index (χ0) is 22.0. The van der Waals surface area contributed by atoms with Crippen LogP contribution in [0.2, 0.25) is 5.02 Å². The number of carbonyl (C=O) groups is 1. The first-order valence-corrected chi connectivity index (χ1v) is 10.6. The molecule has 4 rings (SSSR count). The van der Waals surface area contributed by atoms with Gasteiger partial charge in [-0.2, -0.15) is 0 Å². The van der Waals surface area contributed by atoms with Gasteiger partial charge in [-0.3, -0.25) is 5.32 Å². The molecule has 0 spiro atoms. The van der Waals surface area contributed by atoms with Crippen LogP contribution in [-0.4, -0.2) is 29.5 Å². The Morgan fingerprint density at radius 2 is 2.03 bits per heavy atom. The standard InChI is InChI=1S/C23H26ClN5O2/c1-23(2,25-3)15-6-4-7-16(14-15)29-12-10-20(28-29)27-22(30)26-19-11-13-31-21-17(19)8-5-9-18(21)24/h4-10,12,14,19,25H,11,13H2,1-3H3,(H2,26,27,28,30)/t19-/m0/s1. The first-order valence-electron chi connectivity index (χ1n) is 10.2. The number of hydrogen-bond donors (Lipinski definition) is 3. The Balaban J connectivity index is 1.45. The van der Waals surface area contributed by atoms with E-state index in [1.165, 1.54) is 0 Å². The minimum atomic E-state index is -0.326. The van der Waals surface area contributed by atoms with Crippen molar-refractivity contribution < 1.29 is 9.53 Å². The number of rotatable bonds is 5. The topological polar surface area (TPSA) is 80.2 Å². The minimum absolute atomic E-state index is 0.160. The molecule has 0 aliphatic carbocycles. The summed E-state index contributed by atoms with van der Waals surface area (Å²) in [5.74, 6) is 1.10. The van der Waals surface area contributed by atoms with E-state index in [0.29, 0.717) is 29.6 Å². The van der Waals surface area contributed by atoms with E-state index in [1.54, 1.807) is 16.8 Å². The normalized spacial score (nSPS) is 15.7. The van der Waals surface area contributed by atoms with Crippen LogP contribution in [0.15, 0.2) is 54.7 Å². The average molecular weight is 440 g/mol. The summed E-state index contributed by atoms with van der Waals surface area (Å²) in [7, 11) is 1.94. The number of benzene rings is 2. The van der Waals surface area contributed by atoms with Crippen molar-refractivity contribution in [1.29, 1.82) is 0 Å². The van der Waals surface area contributed by atoms with Crippen molar-refractivity contribution in [2.75, 3.05) is 19.0 Å². The number of carbonyl (C=O) groups excluding carboxylic acids is 1. The lowest BCUT2D eigenvalue weighted by molar-refractivity contribution is 0.232. The highest BCUT2D eigenvalue weighted by Gasteiger charge is 2.25. The zero-order valence-electron chi connectivity index (χ0n) is 17.8. The molecule has 2 amide bonds. The maximum atomic E-state index is 12.6. The Kier molecular flexibility index (Phi) is 5.89. The average Bonchev–Trinajstić information content (AvgIpc) is 3.23. The lowest BCUT2D eigenvalue weighted by Gasteiger charge is -2.27. The number of nitrogens with one attached hydrogen (secondary N) is 3. The molecular weight excluding hydrogens is 414 g/mol. The molecule has 1 aromatic heterocycles. The van der Waals surface area contributed by atoms with Gasteiger partial charge in [0.2, 0.25) is 0 Å². The monoisotopic (exact) mass is 439 g/mol. The van der Waals surface area contributed by atoms with Crippen molar-refractivity contribution in [3.05, 3.63) is 70.9 Å². The van der Waals surface area contributed by atoms with Crippen LogP contribution in [0.1, 0.15) is 37.4 Å². The molecule has 31 heavy (non-hydrogen) atoms. The molecule has 1 atom stereocenters. The van der Waals surface area contributed by atoms with Crippen LogP contribution in [0.3, 0.4) is 0 Å². The van der Waals surface area contributed by atoms with Crippen molar-refractivity contribution >= 4 is 23.4 Å². The lowest BCUT2D eigenvalue weighted by Crippen LogP contribution is -2.35. The van der Waals surface area contributed by atoms with Gasteiger partial charge in [0.1, 0.15) is 5.75 Å². The summed E-state index contributed by atoms with van der Waals surface area (Å²) in [6.07, 6.45) is 2.49. The molecule has 1 aliphatic heterocycles. The van der Waals surface area contributed by atoms with Gasteiger partial charge < -0.3 is 15.4 Å². The van der Waals surface area contributed by atoms with E-state index in [0.717, 1.165) is 16.8 Å². The van der Waals surface area contributed by atoms with Gasteiger partial charge in [-0.05, 0) is 44.7 Å². The van der Waals surface area contributed by atoms with Crippen LogP contribution in [0.25, 0.3) is 5.69 Å².